The number of likely N-dealkylation sites (N-methyl/N-ethyl adjacent to an activating group) is 1. The first kappa shape index (κ1) is 16.3. The second-order valence-corrected chi connectivity index (χ2v) is 5.60. The zero-order valence-corrected chi connectivity index (χ0v) is 13.1. The number of hydrogen-bond acceptors (Lipinski definition) is 4. The van der Waals surface area contributed by atoms with Gasteiger partial charge in [-0.05, 0) is 32.2 Å². The maximum absolute atomic E-state index is 10.1. The summed E-state index contributed by atoms with van der Waals surface area (Å²) in [6, 6.07) is 15.0. The number of hydrogen-bond donors (Lipinski definition) is 2. The van der Waals surface area contributed by atoms with Crippen LogP contribution in [0.4, 0.5) is 0 Å². The van der Waals surface area contributed by atoms with Crippen LogP contribution in [0.3, 0.4) is 0 Å². The van der Waals surface area contributed by atoms with Crippen molar-refractivity contribution in [1.29, 1.82) is 0 Å². The van der Waals surface area contributed by atoms with Crippen LogP contribution >= 0.6 is 0 Å². The molecule has 22 heavy (non-hydrogen) atoms. The topological polar surface area (TPSA) is 52.9 Å². The first-order valence-corrected chi connectivity index (χ1v) is 7.37. The lowest BCUT2D eigenvalue weighted by Crippen LogP contribution is -2.32. The maximum atomic E-state index is 10.1. The molecular weight excluding hydrogens is 278 g/mol. The molecule has 2 N–H and O–H groups in total. The second-order valence-electron chi connectivity index (χ2n) is 5.60. The molecule has 4 nitrogen and oxygen atoms in total. The van der Waals surface area contributed by atoms with E-state index in [4.69, 9.17) is 4.74 Å². The van der Waals surface area contributed by atoms with Crippen molar-refractivity contribution in [3.63, 3.8) is 0 Å². The normalized spacial score (nSPS) is 12.4. The molecule has 0 saturated heterocycles. The molecule has 1 atom stereocenters. The molecule has 0 spiro atoms. The van der Waals surface area contributed by atoms with E-state index in [-0.39, 0.29) is 12.4 Å². The van der Waals surface area contributed by atoms with Gasteiger partial charge in [0, 0.05) is 18.7 Å². The third-order valence-corrected chi connectivity index (χ3v) is 3.42. The summed E-state index contributed by atoms with van der Waals surface area (Å²) in [6.07, 6.45) is -0.586. The van der Waals surface area contributed by atoms with Gasteiger partial charge in [0.2, 0.25) is 0 Å². The second kappa shape index (κ2) is 7.82. The molecule has 0 heterocycles. The lowest BCUT2D eigenvalue weighted by Gasteiger charge is -2.21. The van der Waals surface area contributed by atoms with E-state index >= 15 is 0 Å². The number of aryl methyl sites for hydroxylation is 1. The fourth-order valence-corrected chi connectivity index (χ4v) is 2.24. The zero-order chi connectivity index (χ0) is 15.9. The number of phenols is 1. The van der Waals surface area contributed by atoms with Crippen molar-refractivity contribution in [2.24, 2.45) is 0 Å². The van der Waals surface area contributed by atoms with Gasteiger partial charge in [0.15, 0.2) is 0 Å². The van der Waals surface area contributed by atoms with Gasteiger partial charge >= 0.3 is 0 Å². The number of nitrogens with zero attached hydrogens (tertiary/aromatic N) is 1. The molecule has 1 unspecified atom stereocenters. The highest BCUT2D eigenvalue weighted by Gasteiger charge is 2.11. The highest BCUT2D eigenvalue weighted by atomic mass is 16.5. The molecule has 0 amide bonds. The van der Waals surface area contributed by atoms with Crippen LogP contribution in [0.5, 0.6) is 11.5 Å². The smallest absolute Gasteiger partial charge is 0.120 e. The Balaban J connectivity index is 1.77. The first-order chi connectivity index (χ1) is 10.5. The van der Waals surface area contributed by atoms with Crippen molar-refractivity contribution in [2.75, 3.05) is 20.2 Å². The van der Waals surface area contributed by atoms with Crippen LogP contribution in [0.15, 0.2) is 48.5 Å². The summed E-state index contributed by atoms with van der Waals surface area (Å²) in [4.78, 5) is 1.96. The number of ether oxygens (including phenoxy) is 1. The van der Waals surface area contributed by atoms with E-state index in [1.54, 1.807) is 12.1 Å². The number of aliphatic hydroxyl groups is 1. The highest BCUT2D eigenvalue weighted by Crippen LogP contribution is 2.17. The predicted molar refractivity (Wildman–Crippen MR) is 87.1 cm³/mol. The van der Waals surface area contributed by atoms with Crippen LogP contribution in [0, 0.1) is 6.92 Å². The maximum Gasteiger partial charge on any atom is 0.120 e. The Morgan fingerprint density at radius 3 is 2.45 bits per heavy atom. The average Bonchev–Trinajstić information content (AvgIpc) is 2.49. The summed E-state index contributed by atoms with van der Waals surface area (Å²) in [5.74, 6) is 1.03. The SMILES string of the molecule is Cc1ccc(OCC(O)CN(C)Cc2ccccc2O)cc1. The Morgan fingerprint density at radius 1 is 1.09 bits per heavy atom. The minimum atomic E-state index is -0.586. The van der Waals surface area contributed by atoms with Crippen molar-refractivity contribution >= 4 is 0 Å². The summed E-state index contributed by atoms with van der Waals surface area (Å²) < 4.78 is 5.57. The molecule has 0 fully saturated rings. The third-order valence-electron chi connectivity index (χ3n) is 3.42. The number of rotatable bonds is 7. The third kappa shape index (κ3) is 5.06. The van der Waals surface area contributed by atoms with Crippen LogP contribution in [0.25, 0.3) is 0 Å². The summed E-state index contributed by atoms with van der Waals surface area (Å²) in [7, 11) is 1.90. The number of benzene rings is 2. The molecule has 0 radical (unpaired) electrons. The van der Waals surface area contributed by atoms with Crippen molar-refractivity contribution in [2.45, 2.75) is 19.6 Å². The largest absolute Gasteiger partial charge is 0.508 e. The Labute approximate surface area is 131 Å². The average molecular weight is 301 g/mol. The predicted octanol–water partition coefficient (Wildman–Crippen LogP) is 2.57. The van der Waals surface area contributed by atoms with Gasteiger partial charge in [-0.25, -0.2) is 0 Å². The number of para-hydroxylation sites is 1. The Kier molecular flexibility index (Phi) is 5.81. The molecular formula is C18H23NO3. The van der Waals surface area contributed by atoms with E-state index in [1.807, 2.05) is 55.3 Å². The number of phenolic OH excluding ortho intramolecular Hbond substituents is 1. The molecule has 118 valence electrons. The van der Waals surface area contributed by atoms with E-state index in [0.29, 0.717) is 13.1 Å². The summed E-state index contributed by atoms with van der Waals surface area (Å²) in [5.41, 5.74) is 2.02. The van der Waals surface area contributed by atoms with Gasteiger partial charge in [-0.3, -0.25) is 4.90 Å². The van der Waals surface area contributed by atoms with Gasteiger partial charge in [0.25, 0.3) is 0 Å². The van der Waals surface area contributed by atoms with Crippen molar-refractivity contribution < 1.29 is 14.9 Å². The Hall–Kier alpha value is -2.04. The van der Waals surface area contributed by atoms with Gasteiger partial charge in [0.05, 0.1) is 0 Å². The summed E-state index contributed by atoms with van der Waals surface area (Å²) >= 11 is 0. The van der Waals surface area contributed by atoms with Crippen LogP contribution in [0.2, 0.25) is 0 Å². The molecule has 2 rings (SSSR count). The fourth-order valence-electron chi connectivity index (χ4n) is 2.24. The van der Waals surface area contributed by atoms with Gasteiger partial charge in [-0.2, -0.15) is 0 Å². The lowest BCUT2D eigenvalue weighted by atomic mass is 10.2. The molecule has 0 bridgehead atoms. The summed E-state index contributed by atoms with van der Waals surface area (Å²) in [6.45, 7) is 3.31. The van der Waals surface area contributed by atoms with E-state index in [2.05, 4.69) is 0 Å². The standard InChI is InChI=1S/C18H23NO3/c1-14-7-9-17(10-8-14)22-13-16(20)12-19(2)11-15-5-3-4-6-18(15)21/h3-10,16,20-21H,11-13H2,1-2H3. The highest BCUT2D eigenvalue weighted by molar-refractivity contribution is 5.31. The van der Waals surface area contributed by atoms with Crippen molar-refractivity contribution in [3.8, 4) is 11.5 Å². The lowest BCUT2D eigenvalue weighted by molar-refractivity contribution is 0.0742. The minimum Gasteiger partial charge on any atom is -0.508 e. The van der Waals surface area contributed by atoms with Gasteiger partial charge < -0.3 is 14.9 Å². The quantitative estimate of drug-likeness (QED) is 0.825. The Bertz CT molecular complexity index is 583. The molecule has 0 aliphatic carbocycles. The van der Waals surface area contributed by atoms with Crippen molar-refractivity contribution in [1.82, 2.24) is 4.90 Å². The van der Waals surface area contributed by atoms with Gasteiger partial charge in [-0.1, -0.05) is 35.9 Å². The molecule has 0 aliphatic heterocycles. The summed E-state index contributed by atoms with van der Waals surface area (Å²) in [5, 5.41) is 19.8. The van der Waals surface area contributed by atoms with Crippen molar-refractivity contribution in [3.05, 3.63) is 59.7 Å². The molecule has 0 saturated carbocycles. The molecule has 0 aliphatic rings. The zero-order valence-electron chi connectivity index (χ0n) is 13.1. The van der Waals surface area contributed by atoms with Crippen LogP contribution in [-0.4, -0.2) is 41.4 Å². The van der Waals surface area contributed by atoms with E-state index in [1.165, 1.54) is 5.56 Å². The van der Waals surface area contributed by atoms with Gasteiger partial charge in [0.1, 0.15) is 24.2 Å². The number of aliphatic hydroxyl groups excluding tert-OH is 1. The van der Waals surface area contributed by atoms with E-state index < -0.39 is 6.10 Å². The molecule has 2 aromatic rings. The van der Waals surface area contributed by atoms with E-state index in [9.17, 15) is 10.2 Å². The number of aromatic hydroxyl groups is 1. The minimum absolute atomic E-state index is 0.244. The van der Waals surface area contributed by atoms with E-state index in [0.717, 1.165) is 11.3 Å². The van der Waals surface area contributed by atoms with Gasteiger partial charge in [-0.15, -0.1) is 0 Å². The van der Waals surface area contributed by atoms with Crippen LogP contribution < -0.4 is 4.74 Å². The fraction of sp³-hybridized carbons (Fsp3) is 0.333. The molecule has 2 aromatic carbocycles. The Morgan fingerprint density at radius 2 is 1.77 bits per heavy atom. The molecule has 0 aromatic heterocycles. The van der Waals surface area contributed by atoms with Crippen LogP contribution in [-0.2, 0) is 6.54 Å². The first-order valence-electron chi connectivity index (χ1n) is 7.37. The molecule has 4 heteroatoms. The van der Waals surface area contributed by atoms with Crippen LogP contribution in [0.1, 0.15) is 11.1 Å². The monoisotopic (exact) mass is 301 g/mol.